The minimum Gasteiger partial charge on any atom is -0.489 e. The third-order valence-electron chi connectivity index (χ3n) is 7.50. The van der Waals surface area contributed by atoms with E-state index in [-0.39, 0.29) is 12.0 Å². The predicted molar refractivity (Wildman–Crippen MR) is 129 cm³/mol. The van der Waals surface area contributed by atoms with Gasteiger partial charge >= 0.3 is 5.97 Å². The van der Waals surface area contributed by atoms with E-state index in [2.05, 4.69) is 20.6 Å². The van der Waals surface area contributed by atoms with Crippen LogP contribution in [0.2, 0.25) is 0 Å². The Hall–Kier alpha value is -3.34. The summed E-state index contributed by atoms with van der Waals surface area (Å²) in [6, 6.07) is 3.72. The van der Waals surface area contributed by atoms with Crippen molar-refractivity contribution < 1.29 is 19.7 Å². The van der Waals surface area contributed by atoms with Crippen molar-refractivity contribution in [3.05, 3.63) is 35.4 Å². The van der Waals surface area contributed by atoms with Crippen molar-refractivity contribution in [3.63, 3.8) is 0 Å². The van der Waals surface area contributed by atoms with Crippen LogP contribution in [-0.2, 0) is 24.0 Å². The van der Waals surface area contributed by atoms with Crippen LogP contribution in [0.25, 0.3) is 11.4 Å². The number of aliphatic hydroxyl groups is 1. The average Bonchev–Trinajstić information content (AvgIpc) is 3.49. The Morgan fingerprint density at radius 1 is 1.14 bits per heavy atom. The van der Waals surface area contributed by atoms with Crippen molar-refractivity contribution in [1.29, 1.82) is 0 Å². The van der Waals surface area contributed by atoms with E-state index < -0.39 is 11.6 Å². The van der Waals surface area contributed by atoms with Gasteiger partial charge in [0.25, 0.3) is 0 Å². The zero-order valence-electron chi connectivity index (χ0n) is 20.8. The summed E-state index contributed by atoms with van der Waals surface area (Å²) < 4.78 is 9.55. The molecule has 192 valence electrons. The summed E-state index contributed by atoms with van der Waals surface area (Å²) in [6.45, 7) is 2.26. The van der Waals surface area contributed by atoms with Gasteiger partial charge in [0.1, 0.15) is 22.7 Å². The number of carboxylic acids is 1. The maximum atomic E-state index is 11.4. The Labute approximate surface area is 209 Å². The first kappa shape index (κ1) is 24.4. The van der Waals surface area contributed by atoms with E-state index in [1.807, 2.05) is 32.3 Å². The Balaban J connectivity index is 1.32. The zero-order valence-corrected chi connectivity index (χ0v) is 20.8. The number of nitrogens with zero attached hydrogens (tertiary/aromatic N) is 7. The second-order valence-electron chi connectivity index (χ2n) is 10.1. The van der Waals surface area contributed by atoms with Gasteiger partial charge in [0.2, 0.25) is 0 Å². The van der Waals surface area contributed by atoms with Gasteiger partial charge in [0.15, 0.2) is 0 Å². The molecule has 11 nitrogen and oxygen atoms in total. The summed E-state index contributed by atoms with van der Waals surface area (Å²) in [5.74, 6) is -0.451. The van der Waals surface area contributed by atoms with Gasteiger partial charge in [0.05, 0.1) is 41.8 Å². The van der Waals surface area contributed by atoms with Crippen molar-refractivity contribution in [2.75, 3.05) is 0 Å². The maximum Gasteiger partial charge on any atom is 0.306 e. The molecule has 0 spiro atoms. The normalized spacial score (nSPS) is 21.9. The highest BCUT2D eigenvalue weighted by Crippen LogP contribution is 2.36. The molecule has 2 atom stereocenters. The monoisotopic (exact) mass is 495 g/mol. The van der Waals surface area contributed by atoms with Crippen LogP contribution in [0, 0.1) is 12.8 Å². The van der Waals surface area contributed by atoms with Gasteiger partial charge in [0, 0.05) is 7.05 Å². The molecule has 2 aliphatic carbocycles. The molecule has 0 aliphatic heterocycles. The number of hydrogen-bond acceptors (Lipinski definition) is 8. The third-order valence-corrected chi connectivity index (χ3v) is 7.50. The van der Waals surface area contributed by atoms with Crippen LogP contribution >= 0.6 is 0 Å². The molecule has 2 N–H and O–H groups in total. The van der Waals surface area contributed by atoms with Gasteiger partial charge < -0.3 is 14.9 Å². The molecular formula is C25H33N7O4. The molecule has 0 amide bonds. The molecule has 11 heteroatoms. The molecule has 2 fully saturated rings. The molecular weight excluding hydrogens is 462 g/mol. The number of carbonyl (C=O) groups is 1. The standard InChI is InChI=1S/C25H33N7O4/c1-16-21(36-18-8-6-7-17(13-18)24(33)34)10-9-19(26-16)23-20(31(2)29-28-23)14-32-15-22(27-30-32)25(35)11-4-3-5-12-25/h9-10,15,17-18,35H,3-8,11-14H2,1-2H3,(H,33,34)/t17-,18-/m0/s1. The van der Waals surface area contributed by atoms with Gasteiger partial charge in [-0.3, -0.25) is 4.79 Å². The van der Waals surface area contributed by atoms with Crippen LogP contribution in [0.4, 0.5) is 0 Å². The molecule has 0 unspecified atom stereocenters. The average molecular weight is 496 g/mol. The number of hydrogen-bond donors (Lipinski definition) is 2. The predicted octanol–water partition coefficient (Wildman–Crippen LogP) is 3.00. The maximum absolute atomic E-state index is 11.4. The third kappa shape index (κ3) is 4.97. The van der Waals surface area contributed by atoms with Crippen LogP contribution < -0.4 is 4.74 Å². The molecule has 0 bridgehead atoms. The summed E-state index contributed by atoms with van der Waals surface area (Å²) in [5, 5.41) is 37.4. The van der Waals surface area contributed by atoms with Gasteiger partial charge in [-0.1, -0.05) is 29.7 Å². The Kier molecular flexibility index (Phi) is 6.74. The first-order chi connectivity index (χ1) is 17.3. The molecule has 0 aromatic carbocycles. The highest BCUT2D eigenvalue weighted by Gasteiger charge is 2.34. The largest absolute Gasteiger partial charge is 0.489 e. The molecule has 3 aromatic heterocycles. The van der Waals surface area contributed by atoms with E-state index in [1.165, 1.54) is 0 Å². The first-order valence-electron chi connectivity index (χ1n) is 12.7. The summed E-state index contributed by atoms with van der Waals surface area (Å²) >= 11 is 0. The van der Waals surface area contributed by atoms with Gasteiger partial charge in [-0.05, 0) is 57.6 Å². The molecule has 5 rings (SSSR count). The smallest absolute Gasteiger partial charge is 0.306 e. The Morgan fingerprint density at radius 3 is 2.69 bits per heavy atom. The van der Waals surface area contributed by atoms with E-state index >= 15 is 0 Å². The topological polar surface area (TPSA) is 141 Å². The van der Waals surface area contributed by atoms with Crippen LogP contribution in [0.15, 0.2) is 18.3 Å². The SMILES string of the molecule is Cc1nc(-c2nnn(C)c2Cn2cc(C3(O)CCCCC3)nn2)ccc1O[C@H]1CCC[C@H](C(=O)O)C1. The lowest BCUT2D eigenvalue weighted by Crippen LogP contribution is -2.29. The van der Waals surface area contributed by atoms with Crippen LogP contribution in [0.1, 0.15) is 74.9 Å². The fraction of sp³-hybridized carbons (Fsp3) is 0.600. The second-order valence-corrected chi connectivity index (χ2v) is 10.1. The molecule has 2 aliphatic rings. The highest BCUT2D eigenvalue weighted by atomic mass is 16.5. The van der Waals surface area contributed by atoms with Crippen molar-refractivity contribution >= 4 is 5.97 Å². The minimum atomic E-state index is -0.901. The van der Waals surface area contributed by atoms with E-state index in [1.54, 1.807) is 9.36 Å². The number of pyridine rings is 1. The summed E-state index contributed by atoms with van der Waals surface area (Å²) in [5.41, 5.74) is 2.55. The quantitative estimate of drug-likeness (QED) is 0.506. The Bertz CT molecular complexity index is 1230. The van der Waals surface area contributed by atoms with E-state index in [0.717, 1.165) is 37.8 Å². The molecule has 3 heterocycles. The van der Waals surface area contributed by atoms with Gasteiger partial charge in [-0.15, -0.1) is 10.2 Å². The van der Waals surface area contributed by atoms with E-state index in [0.29, 0.717) is 60.8 Å². The summed E-state index contributed by atoms with van der Waals surface area (Å²) in [6.07, 6.45) is 9.12. The number of aliphatic carboxylic acids is 1. The zero-order chi connectivity index (χ0) is 25.3. The second kappa shape index (κ2) is 9.96. The van der Waals surface area contributed by atoms with Crippen molar-refractivity contribution in [2.24, 2.45) is 13.0 Å². The number of aryl methyl sites for hydroxylation is 2. The number of ether oxygens (including phenoxy) is 1. The molecule has 2 saturated carbocycles. The lowest BCUT2D eigenvalue weighted by Gasteiger charge is -2.29. The fourth-order valence-corrected chi connectivity index (χ4v) is 5.35. The van der Waals surface area contributed by atoms with Gasteiger partial charge in [-0.2, -0.15) is 0 Å². The van der Waals surface area contributed by atoms with Crippen molar-refractivity contribution in [2.45, 2.75) is 83.0 Å². The van der Waals surface area contributed by atoms with E-state index in [4.69, 9.17) is 9.72 Å². The lowest BCUT2D eigenvalue weighted by atomic mass is 9.83. The highest BCUT2D eigenvalue weighted by molar-refractivity contribution is 5.70. The van der Waals surface area contributed by atoms with Gasteiger partial charge in [-0.25, -0.2) is 14.3 Å². The molecule has 0 saturated heterocycles. The van der Waals surface area contributed by atoms with Crippen molar-refractivity contribution in [1.82, 2.24) is 35.0 Å². The molecule has 36 heavy (non-hydrogen) atoms. The Morgan fingerprint density at radius 2 is 1.94 bits per heavy atom. The molecule has 3 aromatic rings. The van der Waals surface area contributed by atoms with Crippen molar-refractivity contribution in [3.8, 4) is 17.1 Å². The van der Waals surface area contributed by atoms with Crippen LogP contribution in [0.3, 0.4) is 0 Å². The fourth-order valence-electron chi connectivity index (χ4n) is 5.35. The molecule has 0 radical (unpaired) electrons. The number of rotatable bonds is 7. The van der Waals surface area contributed by atoms with E-state index in [9.17, 15) is 15.0 Å². The van der Waals surface area contributed by atoms with Crippen LogP contribution in [-0.4, -0.2) is 57.3 Å². The number of aromatic nitrogens is 7. The number of carboxylic acid groups (broad SMARTS) is 1. The first-order valence-corrected chi connectivity index (χ1v) is 12.7. The minimum absolute atomic E-state index is 0.126. The summed E-state index contributed by atoms with van der Waals surface area (Å²) in [7, 11) is 1.82. The van der Waals surface area contributed by atoms with Crippen LogP contribution in [0.5, 0.6) is 5.75 Å². The lowest BCUT2D eigenvalue weighted by molar-refractivity contribution is -0.143. The summed E-state index contributed by atoms with van der Waals surface area (Å²) in [4.78, 5) is 16.1.